The highest BCUT2D eigenvalue weighted by Gasteiger charge is 2.31. The molecule has 15 heavy (non-hydrogen) atoms. The Bertz CT molecular complexity index is 379. The minimum absolute atomic E-state index is 0.245. The highest BCUT2D eigenvalue weighted by Crippen LogP contribution is 2.38. The molecule has 0 aliphatic carbocycles. The molecule has 2 rings (SSSR count). The minimum atomic E-state index is 0.245. The van der Waals surface area contributed by atoms with Gasteiger partial charge in [-0.1, -0.05) is 6.07 Å². The molecule has 0 radical (unpaired) electrons. The Kier molecular flexibility index (Phi) is 3.51. The van der Waals surface area contributed by atoms with Crippen molar-refractivity contribution in [2.24, 2.45) is 0 Å². The third kappa shape index (κ3) is 2.78. The van der Waals surface area contributed by atoms with Crippen molar-refractivity contribution in [3.63, 3.8) is 0 Å². The Hall–Kier alpha value is 0.490. The van der Waals surface area contributed by atoms with Crippen LogP contribution in [0.5, 0.6) is 0 Å². The molecule has 1 aliphatic rings. The van der Waals surface area contributed by atoms with E-state index >= 15 is 0 Å². The largest absolute Gasteiger partial charge is 0.296 e. The topological polar surface area (TPSA) is 12.0 Å². The number of nitrogens with one attached hydrogen (secondary N) is 1. The van der Waals surface area contributed by atoms with Crippen LogP contribution in [0.2, 0.25) is 0 Å². The predicted molar refractivity (Wildman–Crippen MR) is 74.3 cm³/mol. The standard InChI is InChI=1S/C11H13Br2NS/c1-11(2)6-15-10(14-11)7-3-4-8(12)9(13)5-7/h3-5,10,14H,6H2,1-2H3. The Morgan fingerprint density at radius 2 is 2.07 bits per heavy atom. The zero-order valence-electron chi connectivity index (χ0n) is 8.68. The van der Waals surface area contributed by atoms with Crippen LogP contribution >= 0.6 is 43.6 Å². The van der Waals surface area contributed by atoms with Gasteiger partial charge >= 0.3 is 0 Å². The second-order valence-electron chi connectivity index (χ2n) is 4.39. The number of thioether (sulfide) groups is 1. The second kappa shape index (κ2) is 4.40. The molecular formula is C11H13Br2NS. The molecule has 1 unspecified atom stereocenters. The second-order valence-corrected chi connectivity index (χ2v) is 7.19. The summed E-state index contributed by atoms with van der Waals surface area (Å²) >= 11 is 8.99. The summed E-state index contributed by atoms with van der Waals surface area (Å²) < 4.78 is 2.22. The summed E-state index contributed by atoms with van der Waals surface area (Å²) in [4.78, 5) is 0. The van der Waals surface area contributed by atoms with E-state index in [0.29, 0.717) is 5.37 Å². The Morgan fingerprint density at radius 3 is 2.60 bits per heavy atom. The van der Waals surface area contributed by atoms with Crippen LogP contribution in [0.25, 0.3) is 0 Å². The lowest BCUT2D eigenvalue weighted by Crippen LogP contribution is -2.35. The van der Waals surface area contributed by atoms with Crippen molar-refractivity contribution in [3.8, 4) is 0 Å². The normalized spacial score (nSPS) is 24.4. The van der Waals surface area contributed by atoms with Crippen LogP contribution < -0.4 is 5.32 Å². The van der Waals surface area contributed by atoms with Gasteiger partial charge in [-0.3, -0.25) is 5.32 Å². The van der Waals surface area contributed by atoms with E-state index < -0.39 is 0 Å². The third-order valence-corrected chi connectivity index (χ3v) is 5.87. The average molecular weight is 351 g/mol. The molecule has 1 nitrogen and oxygen atoms in total. The molecular weight excluding hydrogens is 338 g/mol. The maximum Gasteiger partial charge on any atom is 0.0794 e. The number of halogens is 2. The molecule has 1 atom stereocenters. The smallest absolute Gasteiger partial charge is 0.0794 e. The van der Waals surface area contributed by atoms with E-state index in [9.17, 15) is 0 Å². The van der Waals surface area contributed by atoms with E-state index in [0.717, 1.165) is 14.7 Å². The molecule has 1 aliphatic heterocycles. The zero-order valence-corrected chi connectivity index (χ0v) is 12.7. The maximum atomic E-state index is 3.62. The van der Waals surface area contributed by atoms with Gasteiger partial charge in [-0.15, -0.1) is 11.8 Å². The SMILES string of the molecule is CC1(C)CSC(c2ccc(Br)c(Br)c2)N1. The van der Waals surface area contributed by atoms with Crippen molar-refractivity contribution in [1.29, 1.82) is 0 Å². The highest BCUT2D eigenvalue weighted by molar-refractivity contribution is 9.13. The average Bonchev–Trinajstić information content (AvgIpc) is 2.51. The summed E-state index contributed by atoms with van der Waals surface area (Å²) in [6.45, 7) is 4.49. The van der Waals surface area contributed by atoms with Crippen molar-refractivity contribution >= 4 is 43.6 Å². The van der Waals surface area contributed by atoms with Crippen LogP contribution in [0.4, 0.5) is 0 Å². The van der Waals surface area contributed by atoms with Crippen LogP contribution in [0.3, 0.4) is 0 Å². The van der Waals surface area contributed by atoms with Crippen LogP contribution in [-0.2, 0) is 0 Å². The zero-order chi connectivity index (χ0) is 11.1. The minimum Gasteiger partial charge on any atom is -0.296 e. The molecule has 1 heterocycles. The molecule has 1 aromatic rings. The lowest BCUT2D eigenvalue weighted by atomic mass is 10.1. The number of hydrogen-bond donors (Lipinski definition) is 1. The number of benzene rings is 1. The Balaban J connectivity index is 2.21. The molecule has 0 bridgehead atoms. The lowest BCUT2D eigenvalue weighted by molar-refractivity contribution is 0.452. The highest BCUT2D eigenvalue weighted by atomic mass is 79.9. The van der Waals surface area contributed by atoms with Gasteiger partial charge in [0.25, 0.3) is 0 Å². The fourth-order valence-corrected chi connectivity index (χ4v) is 3.64. The fourth-order valence-electron chi connectivity index (χ4n) is 1.58. The molecule has 1 fully saturated rings. The third-order valence-electron chi connectivity index (χ3n) is 2.38. The molecule has 4 heteroatoms. The molecule has 1 aromatic carbocycles. The van der Waals surface area contributed by atoms with Crippen LogP contribution in [-0.4, -0.2) is 11.3 Å². The van der Waals surface area contributed by atoms with Gasteiger partial charge in [0, 0.05) is 20.2 Å². The van der Waals surface area contributed by atoms with E-state index in [2.05, 4.69) is 69.2 Å². The quantitative estimate of drug-likeness (QED) is 0.809. The summed E-state index contributed by atoms with van der Waals surface area (Å²) in [5.74, 6) is 1.16. The van der Waals surface area contributed by atoms with Crippen molar-refractivity contribution in [2.45, 2.75) is 24.8 Å². The lowest BCUT2D eigenvalue weighted by Gasteiger charge is -2.19. The maximum absolute atomic E-state index is 3.62. The van der Waals surface area contributed by atoms with Crippen molar-refractivity contribution in [2.75, 3.05) is 5.75 Å². The van der Waals surface area contributed by atoms with E-state index in [1.807, 2.05) is 11.8 Å². The van der Waals surface area contributed by atoms with Crippen molar-refractivity contribution in [1.82, 2.24) is 5.32 Å². The first-order valence-corrected chi connectivity index (χ1v) is 7.46. The van der Waals surface area contributed by atoms with E-state index in [1.165, 1.54) is 5.56 Å². The first-order valence-electron chi connectivity index (χ1n) is 4.82. The van der Waals surface area contributed by atoms with Gasteiger partial charge in [-0.25, -0.2) is 0 Å². The van der Waals surface area contributed by atoms with Crippen molar-refractivity contribution < 1.29 is 0 Å². The van der Waals surface area contributed by atoms with Gasteiger partial charge in [-0.05, 0) is 63.4 Å². The Morgan fingerprint density at radius 1 is 1.33 bits per heavy atom. The van der Waals surface area contributed by atoms with Gasteiger partial charge < -0.3 is 0 Å². The summed E-state index contributed by atoms with van der Waals surface area (Å²) in [7, 11) is 0. The Labute approximate surface area is 112 Å². The molecule has 1 N–H and O–H groups in total. The fraction of sp³-hybridized carbons (Fsp3) is 0.455. The van der Waals surface area contributed by atoms with Gasteiger partial charge in [-0.2, -0.15) is 0 Å². The monoisotopic (exact) mass is 349 g/mol. The summed E-state index contributed by atoms with van der Waals surface area (Å²) in [5.41, 5.74) is 1.58. The summed E-state index contributed by atoms with van der Waals surface area (Å²) in [6, 6.07) is 6.43. The van der Waals surface area contributed by atoms with E-state index in [-0.39, 0.29) is 5.54 Å². The van der Waals surface area contributed by atoms with Crippen molar-refractivity contribution in [3.05, 3.63) is 32.7 Å². The molecule has 0 spiro atoms. The van der Waals surface area contributed by atoms with E-state index in [4.69, 9.17) is 0 Å². The molecule has 0 saturated carbocycles. The van der Waals surface area contributed by atoms with E-state index in [1.54, 1.807) is 0 Å². The number of rotatable bonds is 1. The van der Waals surface area contributed by atoms with Crippen LogP contribution in [0.15, 0.2) is 27.1 Å². The summed E-state index contributed by atoms with van der Waals surface area (Å²) in [6.07, 6.45) is 0. The molecule has 0 aromatic heterocycles. The summed E-state index contributed by atoms with van der Waals surface area (Å²) in [5, 5.41) is 4.04. The molecule has 0 amide bonds. The van der Waals surface area contributed by atoms with Gasteiger partial charge in [0.15, 0.2) is 0 Å². The van der Waals surface area contributed by atoms with Gasteiger partial charge in [0.05, 0.1) is 5.37 Å². The predicted octanol–water partition coefficient (Wildman–Crippen LogP) is 4.33. The number of hydrogen-bond acceptors (Lipinski definition) is 2. The van der Waals surface area contributed by atoms with Crippen LogP contribution in [0, 0.1) is 0 Å². The van der Waals surface area contributed by atoms with Crippen LogP contribution in [0.1, 0.15) is 24.8 Å². The van der Waals surface area contributed by atoms with Gasteiger partial charge in [0.1, 0.15) is 0 Å². The molecule has 1 saturated heterocycles. The first-order chi connectivity index (χ1) is 6.98. The van der Waals surface area contributed by atoms with Gasteiger partial charge in [0.2, 0.25) is 0 Å². The molecule has 82 valence electrons. The first kappa shape index (κ1) is 12.0.